The molecule has 2 N–H and O–H groups in total. The van der Waals surface area contributed by atoms with Crippen LogP contribution in [-0.2, 0) is 34.9 Å². The third-order valence-electron chi connectivity index (χ3n) is 5.33. The first-order valence-electron chi connectivity index (χ1n) is 10.9. The van der Waals surface area contributed by atoms with Crippen molar-refractivity contribution in [1.29, 1.82) is 0 Å². The van der Waals surface area contributed by atoms with Crippen LogP contribution in [0.5, 0.6) is 0 Å². The van der Waals surface area contributed by atoms with Crippen LogP contribution >= 0.6 is 0 Å². The second kappa shape index (κ2) is 11.6. The van der Waals surface area contributed by atoms with Crippen molar-refractivity contribution in [2.45, 2.75) is 31.3 Å². The molecule has 3 rings (SSSR count). The van der Waals surface area contributed by atoms with Crippen LogP contribution in [0.1, 0.15) is 33.7 Å². The van der Waals surface area contributed by atoms with Gasteiger partial charge in [0.05, 0.1) is 30.8 Å². The van der Waals surface area contributed by atoms with E-state index in [1.165, 1.54) is 36.5 Å². The lowest BCUT2D eigenvalue weighted by atomic mass is 9.99. The highest BCUT2D eigenvalue weighted by Crippen LogP contribution is 2.36. The van der Waals surface area contributed by atoms with E-state index in [0.717, 1.165) is 0 Å². The molecular formula is C25H21F7N2O3. The predicted octanol–water partition coefficient (Wildman–Crippen LogP) is 5.21. The van der Waals surface area contributed by atoms with E-state index in [2.05, 4.69) is 10.3 Å². The fraction of sp³-hybridized carbons (Fsp3) is 0.280. The number of carbonyl (C=O) groups excluding carboxylic acids is 1. The van der Waals surface area contributed by atoms with E-state index in [4.69, 9.17) is 4.74 Å². The van der Waals surface area contributed by atoms with Crippen LogP contribution in [0, 0.1) is 5.82 Å². The molecule has 1 atom stereocenters. The average Bonchev–Trinajstić information content (AvgIpc) is 2.80. The van der Waals surface area contributed by atoms with E-state index in [9.17, 15) is 40.3 Å². The molecule has 198 valence electrons. The van der Waals surface area contributed by atoms with Gasteiger partial charge in [-0.3, -0.25) is 9.59 Å². The number of benzene rings is 2. The average molecular weight is 530 g/mol. The first-order valence-corrected chi connectivity index (χ1v) is 10.9. The molecule has 0 aliphatic carbocycles. The summed E-state index contributed by atoms with van der Waals surface area (Å²) in [6, 6.07) is 9.18. The molecule has 0 aliphatic rings. The third-order valence-corrected chi connectivity index (χ3v) is 5.33. The lowest BCUT2D eigenvalue weighted by Crippen LogP contribution is -2.31. The molecule has 0 bridgehead atoms. The summed E-state index contributed by atoms with van der Waals surface area (Å²) in [6.07, 6.45) is -8.69. The molecule has 0 spiro atoms. The van der Waals surface area contributed by atoms with Crippen LogP contribution in [0.4, 0.5) is 30.7 Å². The Morgan fingerprint density at radius 2 is 1.51 bits per heavy atom. The minimum atomic E-state index is -4.99. The summed E-state index contributed by atoms with van der Waals surface area (Å²) in [7, 11) is 0. The number of H-pyrrole nitrogens is 1. The molecule has 12 heteroatoms. The number of amides is 1. The molecule has 3 aromatic rings. The van der Waals surface area contributed by atoms with Crippen LogP contribution in [0.25, 0.3) is 0 Å². The Balaban J connectivity index is 1.70. The van der Waals surface area contributed by atoms with E-state index in [-0.39, 0.29) is 36.8 Å². The fourth-order valence-corrected chi connectivity index (χ4v) is 3.51. The van der Waals surface area contributed by atoms with Gasteiger partial charge < -0.3 is 15.0 Å². The van der Waals surface area contributed by atoms with Crippen molar-refractivity contribution >= 4 is 5.91 Å². The standard InChI is InChI=1S/C25H21F7N2O3/c26-21-3-1-17(2-4-21)18(12-34-23(36)10-15-5-6-33-22(35)9-15)14-37-13-16-7-19(24(27,28)29)11-20(8-16)25(30,31)32/h1-9,11,18H,10,12-14H2,(H,33,35)(H,34,36). The molecule has 1 heterocycles. The molecular weight excluding hydrogens is 509 g/mol. The van der Waals surface area contributed by atoms with Gasteiger partial charge in [-0.05, 0) is 53.1 Å². The van der Waals surface area contributed by atoms with Gasteiger partial charge in [0.1, 0.15) is 5.82 Å². The van der Waals surface area contributed by atoms with Crippen molar-refractivity contribution < 1.29 is 40.3 Å². The van der Waals surface area contributed by atoms with E-state index >= 15 is 0 Å². The number of ether oxygens (including phenoxy) is 1. The Kier molecular flexibility index (Phi) is 8.74. The van der Waals surface area contributed by atoms with Crippen LogP contribution in [0.15, 0.2) is 65.6 Å². The highest BCUT2D eigenvalue weighted by atomic mass is 19.4. The van der Waals surface area contributed by atoms with E-state index in [1.54, 1.807) is 6.07 Å². The zero-order valence-electron chi connectivity index (χ0n) is 19.0. The van der Waals surface area contributed by atoms with E-state index in [1.807, 2.05) is 0 Å². The van der Waals surface area contributed by atoms with Gasteiger partial charge in [0, 0.05) is 24.7 Å². The number of rotatable bonds is 9. The molecule has 0 fully saturated rings. The summed E-state index contributed by atoms with van der Waals surface area (Å²) < 4.78 is 97.4. The van der Waals surface area contributed by atoms with Crippen molar-refractivity contribution in [3.63, 3.8) is 0 Å². The molecule has 0 saturated carbocycles. The Hall–Kier alpha value is -3.67. The lowest BCUT2D eigenvalue weighted by Gasteiger charge is -2.19. The molecule has 37 heavy (non-hydrogen) atoms. The Morgan fingerprint density at radius 3 is 2.08 bits per heavy atom. The maximum absolute atomic E-state index is 13.4. The summed E-state index contributed by atoms with van der Waals surface area (Å²) >= 11 is 0. The molecule has 1 aromatic heterocycles. The van der Waals surface area contributed by atoms with Crippen molar-refractivity contribution in [2.75, 3.05) is 13.2 Å². The number of alkyl halides is 6. The maximum Gasteiger partial charge on any atom is 0.416 e. The van der Waals surface area contributed by atoms with Crippen molar-refractivity contribution in [3.05, 3.63) is 105 Å². The van der Waals surface area contributed by atoms with Crippen LogP contribution in [-0.4, -0.2) is 24.0 Å². The topological polar surface area (TPSA) is 71.2 Å². The minimum Gasteiger partial charge on any atom is -0.376 e. The largest absolute Gasteiger partial charge is 0.416 e. The number of nitrogens with one attached hydrogen (secondary N) is 2. The molecule has 1 unspecified atom stereocenters. The number of hydrogen-bond acceptors (Lipinski definition) is 3. The van der Waals surface area contributed by atoms with Gasteiger partial charge in [0.2, 0.25) is 11.5 Å². The number of carbonyl (C=O) groups is 1. The van der Waals surface area contributed by atoms with Gasteiger partial charge in [0.25, 0.3) is 0 Å². The molecule has 5 nitrogen and oxygen atoms in total. The smallest absolute Gasteiger partial charge is 0.376 e. The van der Waals surface area contributed by atoms with Gasteiger partial charge in [-0.25, -0.2) is 4.39 Å². The number of hydrogen-bond donors (Lipinski definition) is 2. The van der Waals surface area contributed by atoms with Crippen molar-refractivity contribution in [2.24, 2.45) is 0 Å². The van der Waals surface area contributed by atoms with Crippen LogP contribution < -0.4 is 10.9 Å². The molecule has 0 aliphatic heterocycles. The van der Waals surface area contributed by atoms with Crippen molar-refractivity contribution in [1.82, 2.24) is 10.3 Å². The lowest BCUT2D eigenvalue weighted by molar-refractivity contribution is -0.143. The summed E-state index contributed by atoms with van der Waals surface area (Å²) in [5.41, 5.74) is -2.64. The minimum absolute atomic E-state index is 0.0238. The summed E-state index contributed by atoms with van der Waals surface area (Å²) in [5.74, 6) is -1.56. The fourth-order valence-electron chi connectivity index (χ4n) is 3.51. The quantitative estimate of drug-likeness (QED) is 0.373. The van der Waals surface area contributed by atoms with Crippen LogP contribution in [0.3, 0.4) is 0 Å². The van der Waals surface area contributed by atoms with Crippen molar-refractivity contribution in [3.8, 4) is 0 Å². The van der Waals surface area contributed by atoms with Gasteiger partial charge in [-0.2, -0.15) is 26.3 Å². The maximum atomic E-state index is 13.4. The van der Waals surface area contributed by atoms with Gasteiger partial charge in [-0.15, -0.1) is 0 Å². The second-order valence-electron chi connectivity index (χ2n) is 8.22. The summed E-state index contributed by atoms with van der Waals surface area (Å²) in [6.45, 7) is -0.788. The van der Waals surface area contributed by atoms with E-state index < -0.39 is 47.7 Å². The monoisotopic (exact) mass is 530 g/mol. The highest BCUT2D eigenvalue weighted by molar-refractivity contribution is 5.78. The number of aromatic amines is 1. The van der Waals surface area contributed by atoms with Gasteiger partial charge in [-0.1, -0.05) is 12.1 Å². The van der Waals surface area contributed by atoms with E-state index in [0.29, 0.717) is 23.3 Å². The number of pyridine rings is 1. The first kappa shape index (κ1) is 27.9. The summed E-state index contributed by atoms with van der Waals surface area (Å²) in [4.78, 5) is 26.1. The number of halogens is 7. The SMILES string of the molecule is O=C(Cc1cc[nH]c(=O)c1)NCC(COCc1cc(C(F)(F)F)cc(C(F)(F)F)c1)c1ccc(F)cc1. The Labute approximate surface area is 206 Å². The van der Waals surface area contributed by atoms with Crippen LogP contribution in [0.2, 0.25) is 0 Å². The Morgan fingerprint density at radius 1 is 0.892 bits per heavy atom. The normalized spacial score (nSPS) is 12.8. The zero-order chi connectivity index (χ0) is 27.2. The molecule has 0 saturated heterocycles. The Bertz CT molecular complexity index is 1240. The molecule has 1 amide bonds. The third kappa shape index (κ3) is 8.45. The van der Waals surface area contributed by atoms with Gasteiger partial charge >= 0.3 is 12.4 Å². The molecule has 2 aromatic carbocycles. The zero-order valence-corrected chi connectivity index (χ0v) is 19.0. The molecule has 0 radical (unpaired) electrons. The predicted molar refractivity (Wildman–Crippen MR) is 119 cm³/mol. The highest BCUT2D eigenvalue weighted by Gasteiger charge is 2.36. The first-order chi connectivity index (χ1) is 17.3. The number of aromatic nitrogens is 1. The second-order valence-corrected chi connectivity index (χ2v) is 8.22. The van der Waals surface area contributed by atoms with Gasteiger partial charge in [0.15, 0.2) is 0 Å². The summed E-state index contributed by atoms with van der Waals surface area (Å²) in [5, 5.41) is 2.65.